The molecule has 0 spiro atoms. The largest absolute Gasteiger partial charge is 0.492 e. The number of benzene rings is 1. The summed E-state index contributed by atoms with van der Waals surface area (Å²) in [6.45, 7) is 9.93. The van der Waals surface area contributed by atoms with Crippen molar-refractivity contribution in [2.45, 2.75) is 58.2 Å². The molecule has 1 aromatic carbocycles. The second kappa shape index (κ2) is 19.4. The smallest absolute Gasteiger partial charge is 0.324 e. The Hall–Kier alpha value is -5.16. The molecule has 17 nitrogen and oxygen atoms in total. The number of aromatic nitrogens is 7. The molecule has 2 saturated heterocycles. The zero-order chi connectivity index (χ0) is 36.7. The minimum absolute atomic E-state index is 0.232. The van der Waals surface area contributed by atoms with E-state index in [1.165, 1.54) is 34.0 Å². The van der Waals surface area contributed by atoms with Crippen molar-refractivity contribution in [1.82, 2.24) is 44.7 Å². The third-order valence-electron chi connectivity index (χ3n) is 8.48. The number of piperidine rings is 2. The Labute approximate surface area is 304 Å². The monoisotopic (exact) mass is 721 g/mol. The second-order valence-electron chi connectivity index (χ2n) is 12.0. The Morgan fingerprint density at radius 3 is 1.52 bits per heavy atom. The lowest BCUT2D eigenvalue weighted by atomic mass is 10.0. The first kappa shape index (κ1) is 38.1. The van der Waals surface area contributed by atoms with Gasteiger partial charge in [-0.05, 0) is 82.4 Å². The number of nitrogens with zero attached hydrogens (tertiary/aromatic N) is 8. The van der Waals surface area contributed by atoms with Gasteiger partial charge in [0.15, 0.2) is 0 Å². The third-order valence-corrected chi connectivity index (χ3v) is 8.48. The molecule has 0 atom stereocenters. The molecule has 4 aromatic rings. The molecule has 52 heavy (non-hydrogen) atoms. The fraction of sp³-hybridized carbons (Fsp3) is 0.543. The Morgan fingerprint density at radius 2 is 1.10 bits per heavy atom. The van der Waals surface area contributed by atoms with Gasteiger partial charge in [0.25, 0.3) is 0 Å². The summed E-state index contributed by atoms with van der Waals surface area (Å²) in [6.07, 6.45) is 8.06. The van der Waals surface area contributed by atoms with E-state index in [0.29, 0.717) is 31.2 Å². The summed E-state index contributed by atoms with van der Waals surface area (Å²) in [4.78, 5) is 27.3. The van der Waals surface area contributed by atoms with Crippen LogP contribution in [0.1, 0.15) is 45.1 Å². The van der Waals surface area contributed by atoms with Crippen LogP contribution >= 0.6 is 0 Å². The van der Waals surface area contributed by atoms with Gasteiger partial charge in [0.05, 0.1) is 41.7 Å². The van der Waals surface area contributed by atoms with Crippen LogP contribution in [0.5, 0.6) is 35.5 Å². The maximum Gasteiger partial charge on any atom is 0.324 e. The summed E-state index contributed by atoms with van der Waals surface area (Å²) < 4.78 is 34.4. The van der Waals surface area contributed by atoms with Crippen LogP contribution < -0.4 is 44.4 Å². The first-order valence-electron chi connectivity index (χ1n) is 17.6. The SMILES string of the molecule is CCOc1cc(CN2CCC(Nc3nc(OC)nc(OC)n3)CC2)cc(OCC)c1-n1cccc1.COc1nc(NC2CCNCC2)nc(OC)n1. The summed E-state index contributed by atoms with van der Waals surface area (Å²) in [5.74, 6) is 2.63. The van der Waals surface area contributed by atoms with Crippen molar-refractivity contribution >= 4 is 11.9 Å². The number of hydrogen-bond acceptors (Lipinski definition) is 16. The average Bonchev–Trinajstić information content (AvgIpc) is 3.71. The Balaban J connectivity index is 0.000000257. The fourth-order valence-corrected chi connectivity index (χ4v) is 5.99. The summed E-state index contributed by atoms with van der Waals surface area (Å²) in [6, 6.07) is 9.89. The predicted octanol–water partition coefficient (Wildman–Crippen LogP) is 3.61. The standard InChI is InChI=1S/C25H34N6O4.C10H17N5O2/c1-5-34-20-15-18(16-21(35-6-2)22(20)31-11-7-8-12-31)17-30-13-9-19(10-14-30)26-23-27-24(32-3)29-25(28-23)33-4;1-16-9-13-8(14-10(15-9)17-2)12-7-3-5-11-6-4-7/h7-8,11-12,15-16,19H,5-6,9-10,13-14,17H2,1-4H3,(H,26,27,28,29);7,11H,3-6H2,1-2H3,(H,12,13,14,15). The highest BCUT2D eigenvalue weighted by molar-refractivity contribution is 5.59. The van der Waals surface area contributed by atoms with E-state index in [-0.39, 0.29) is 30.1 Å². The number of methoxy groups -OCH3 is 4. The van der Waals surface area contributed by atoms with Crippen molar-refractivity contribution in [2.75, 3.05) is 78.5 Å². The average molecular weight is 722 g/mol. The molecule has 6 rings (SSSR count). The lowest BCUT2D eigenvalue weighted by Crippen LogP contribution is -2.39. The van der Waals surface area contributed by atoms with Crippen LogP contribution in [0.25, 0.3) is 5.69 Å². The molecule has 2 aliphatic heterocycles. The molecule has 3 N–H and O–H groups in total. The molecule has 0 aliphatic carbocycles. The topological polar surface area (TPSA) is 177 Å². The minimum Gasteiger partial charge on any atom is -0.492 e. The van der Waals surface area contributed by atoms with Gasteiger partial charge in [-0.2, -0.15) is 19.9 Å². The van der Waals surface area contributed by atoms with Crippen LogP contribution in [0.2, 0.25) is 0 Å². The number of hydrogen-bond donors (Lipinski definition) is 3. The summed E-state index contributed by atoms with van der Waals surface area (Å²) >= 11 is 0. The molecule has 0 unspecified atom stereocenters. The van der Waals surface area contributed by atoms with E-state index < -0.39 is 0 Å². The van der Waals surface area contributed by atoms with Crippen LogP contribution in [-0.4, -0.2) is 119 Å². The van der Waals surface area contributed by atoms with Crippen LogP contribution in [-0.2, 0) is 6.54 Å². The first-order valence-corrected chi connectivity index (χ1v) is 17.6. The lowest BCUT2D eigenvalue weighted by molar-refractivity contribution is 0.210. The molecule has 0 amide bonds. The normalized spacial score (nSPS) is 15.2. The Bertz CT molecular complexity index is 1590. The van der Waals surface area contributed by atoms with Gasteiger partial charge in [0.2, 0.25) is 11.9 Å². The van der Waals surface area contributed by atoms with E-state index >= 15 is 0 Å². The molecule has 0 bridgehead atoms. The van der Waals surface area contributed by atoms with E-state index in [1.54, 1.807) is 0 Å². The van der Waals surface area contributed by atoms with E-state index in [2.05, 4.69) is 62.9 Å². The van der Waals surface area contributed by atoms with Crippen molar-refractivity contribution < 1.29 is 28.4 Å². The molecule has 2 fully saturated rings. The molecule has 3 aromatic heterocycles. The van der Waals surface area contributed by atoms with Gasteiger partial charge in [-0.1, -0.05) is 0 Å². The van der Waals surface area contributed by atoms with Gasteiger partial charge in [0.1, 0.15) is 17.2 Å². The van der Waals surface area contributed by atoms with Gasteiger partial charge in [-0.25, -0.2) is 0 Å². The highest BCUT2D eigenvalue weighted by Gasteiger charge is 2.23. The van der Waals surface area contributed by atoms with Crippen LogP contribution in [0.3, 0.4) is 0 Å². The van der Waals surface area contributed by atoms with Crippen LogP contribution in [0.4, 0.5) is 11.9 Å². The molecule has 2 aliphatic rings. The maximum atomic E-state index is 6.03. The molecule has 5 heterocycles. The van der Waals surface area contributed by atoms with Gasteiger partial charge in [-0.3, -0.25) is 4.90 Å². The molecular weight excluding hydrogens is 670 g/mol. The number of ether oxygens (including phenoxy) is 6. The highest BCUT2D eigenvalue weighted by Crippen LogP contribution is 2.35. The fourth-order valence-electron chi connectivity index (χ4n) is 5.99. The van der Waals surface area contributed by atoms with Gasteiger partial charge < -0.3 is 48.9 Å². The minimum atomic E-state index is 0.232. The molecule has 17 heteroatoms. The Morgan fingerprint density at radius 1 is 0.654 bits per heavy atom. The van der Waals surface area contributed by atoms with E-state index in [4.69, 9.17) is 28.4 Å². The molecule has 282 valence electrons. The zero-order valence-corrected chi connectivity index (χ0v) is 30.9. The molecule has 0 saturated carbocycles. The second-order valence-corrected chi connectivity index (χ2v) is 12.0. The summed E-state index contributed by atoms with van der Waals surface area (Å²) in [5, 5.41) is 9.97. The van der Waals surface area contributed by atoms with Gasteiger partial charge >= 0.3 is 24.0 Å². The van der Waals surface area contributed by atoms with Crippen molar-refractivity contribution in [1.29, 1.82) is 0 Å². The number of nitrogens with one attached hydrogen (secondary N) is 3. The summed E-state index contributed by atoms with van der Waals surface area (Å²) in [5.41, 5.74) is 2.11. The predicted molar refractivity (Wildman–Crippen MR) is 195 cm³/mol. The first-order chi connectivity index (χ1) is 25.4. The van der Waals surface area contributed by atoms with Crippen molar-refractivity contribution in [3.63, 3.8) is 0 Å². The summed E-state index contributed by atoms with van der Waals surface area (Å²) in [7, 11) is 6.08. The highest BCUT2D eigenvalue weighted by atomic mass is 16.5. The van der Waals surface area contributed by atoms with Gasteiger partial charge in [0, 0.05) is 44.1 Å². The van der Waals surface area contributed by atoms with Crippen molar-refractivity contribution in [3.05, 3.63) is 42.2 Å². The quantitative estimate of drug-likeness (QED) is 0.162. The van der Waals surface area contributed by atoms with Crippen LogP contribution in [0, 0.1) is 0 Å². The Kier molecular flexibility index (Phi) is 14.2. The molecular formula is C35H51N11O6. The van der Waals surface area contributed by atoms with E-state index in [1.807, 2.05) is 42.9 Å². The number of likely N-dealkylation sites (tertiary alicyclic amines) is 1. The number of anilines is 2. The number of rotatable bonds is 15. The zero-order valence-electron chi connectivity index (χ0n) is 30.9. The van der Waals surface area contributed by atoms with Gasteiger partial charge in [-0.15, -0.1) is 9.97 Å². The van der Waals surface area contributed by atoms with Crippen LogP contribution in [0.15, 0.2) is 36.7 Å². The molecule has 0 radical (unpaired) electrons. The van der Waals surface area contributed by atoms with Crippen molar-refractivity contribution in [2.24, 2.45) is 0 Å². The van der Waals surface area contributed by atoms with Crippen molar-refractivity contribution in [3.8, 4) is 41.2 Å². The van der Waals surface area contributed by atoms with E-state index in [0.717, 1.165) is 75.6 Å². The van der Waals surface area contributed by atoms with E-state index in [9.17, 15) is 0 Å². The third kappa shape index (κ3) is 10.7. The maximum absolute atomic E-state index is 6.03. The lowest BCUT2D eigenvalue weighted by Gasteiger charge is -2.32.